The predicted molar refractivity (Wildman–Crippen MR) is 88.5 cm³/mol. The van der Waals surface area contributed by atoms with Gasteiger partial charge in [0.25, 0.3) is 0 Å². The van der Waals surface area contributed by atoms with Crippen LogP contribution in [0.4, 0.5) is 11.8 Å². The number of aromatic nitrogens is 2. The number of anilines is 2. The van der Waals surface area contributed by atoms with Crippen LogP contribution in [0.5, 0.6) is 0 Å². The molecule has 6 nitrogen and oxygen atoms in total. The highest BCUT2D eigenvalue weighted by Gasteiger charge is 2.22. The molecule has 7 heteroatoms. The number of rotatable bonds is 6. The zero-order chi connectivity index (χ0) is 15.6. The first-order valence-corrected chi connectivity index (χ1v) is 7.83. The van der Waals surface area contributed by atoms with Crippen LogP contribution < -0.4 is 16.6 Å². The fourth-order valence-electron chi connectivity index (χ4n) is 2.47. The molecule has 0 radical (unpaired) electrons. The van der Waals surface area contributed by atoms with Gasteiger partial charge >= 0.3 is 0 Å². The van der Waals surface area contributed by atoms with Crippen LogP contribution in [0.1, 0.15) is 32.1 Å². The molecule has 0 saturated carbocycles. The molecular formula is C14H23N5OS. The number of hydrazine groups is 1. The van der Waals surface area contributed by atoms with Crippen LogP contribution in [0.15, 0.2) is 6.07 Å². The maximum atomic E-state index is 10.4. The highest BCUT2D eigenvalue weighted by Crippen LogP contribution is 2.30. The zero-order valence-corrected chi connectivity index (χ0v) is 13.7. The molecule has 0 fully saturated rings. The molecule has 0 aliphatic heterocycles. The number of hydrogen-bond acceptors (Lipinski definition) is 7. The smallest absolute Gasteiger partial charge is 0.240 e. The lowest BCUT2D eigenvalue weighted by atomic mass is 9.94. The van der Waals surface area contributed by atoms with Gasteiger partial charge in [-0.3, -0.25) is 5.43 Å². The van der Waals surface area contributed by atoms with E-state index >= 15 is 0 Å². The summed E-state index contributed by atoms with van der Waals surface area (Å²) in [4.78, 5) is 10.7. The lowest BCUT2D eigenvalue weighted by Crippen LogP contribution is -2.35. The Labute approximate surface area is 128 Å². The van der Waals surface area contributed by atoms with Crippen molar-refractivity contribution in [1.82, 2.24) is 9.97 Å². The van der Waals surface area contributed by atoms with Crippen LogP contribution in [0, 0.1) is 12.8 Å². The molecule has 0 spiro atoms. The minimum Gasteiger partial charge on any atom is -0.388 e. The van der Waals surface area contributed by atoms with Gasteiger partial charge in [0.15, 0.2) is 0 Å². The first-order chi connectivity index (χ1) is 9.80. The van der Waals surface area contributed by atoms with E-state index in [9.17, 15) is 5.11 Å². The maximum absolute atomic E-state index is 10.4. The number of nitrogen functional groups attached to an aromatic ring is 1. The summed E-state index contributed by atoms with van der Waals surface area (Å²) in [6, 6.07) is 2.04. The predicted octanol–water partition coefficient (Wildman–Crippen LogP) is 2.49. The van der Waals surface area contributed by atoms with Gasteiger partial charge in [-0.05, 0) is 32.3 Å². The monoisotopic (exact) mass is 309 g/mol. The summed E-state index contributed by atoms with van der Waals surface area (Å²) in [5.74, 6) is 6.91. The number of hydrogen-bond donors (Lipinski definition) is 4. The highest BCUT2D eigenvalue weighted by molar-refractivity contribution is 7.18. The van der Waals surface area contributed by atoms with Gasteiger partial charge in [0, 0.05) is 11.4 Å². The van der Waals surface area contributed by atoms with E-state index in [1.54, 1.807) is 11.3 Å². The van der Waals surface area contributed by atoms with E-state index in [2.05, 4.69) is 34.6 Å². The van der Waals surface area contributed by atoms with Gasteiger partial charge in [-0.25, -0.2) is 10.8 Å². The quantitative estimate of drug-likeness (QED) is 0.483. The Morgan fingerprint density at radius 1 is 1.43 bits per heavy atom. The third-order valence-electron chi connectivity index (χ3n) is 3.13. The van der Waals surface area contributed by atoms with E-state index < -0.39 is 5.60 Å². The zero-order valence-electron chi connectivity index (χ0n) is 12.9. The van der Waals surface area contributed by atoms with Gasteiger partial charge in [0.05, 0.1) is 11.0 Å². The van der Waals surface area contributed by atoms with Crippen molar-refractivity contribution in [3.8, 4) is 0 Å². The Kier molecular flexibility index (Phi) is 4.65. The van der Waals surface area contributed by atoms with Crippen LogP contribution in [0.25, 0.3) is 10.2 Å². The van der Waals surface area contributed by atoms with Gasteiger partial charge in [0.1, 0.15) is 10.6 Å². The summed E-state index contributed by atoms with van der Waals surface area (Å²) in [5.41, 5.74) is 1.70. The Morgan fingerprint density at radius 3 is 2.76 bits per heavy atom. The van der Waals surface area contributed by atoms with Crippen LogP contribution >= 0.6 is 11.3 Å². The summed E-state index contributed by atoms with van der Waals surface area (Å²) in [6.07, 6.45) is 0.721. The van der Waals surface area contributed by atoms with Crippen LogP contribution in [0.3, 0.4) is 0 Å². The van der Waals surface area contributed by atoms with Gasteiger partial charge < -0.3 is 10.4 Å². The summed E-state index contributed by atoms with van der Waals surface area (Å²) in [7, 11) is 0. The molecule has 2 rings (SSSR count). The molecule has 2 heterocycles. The second-order valence-electron chi connectivity index (χ2n) is 6.06. The summed E-state index contributed by atoms with van der Waals surface area (Å²) in [5, 5.41) is 14.6. The highest BCUT2D eigenvalue weighted by atomic mass is 32.1. The molecule has 0 aliphatic rings. The molecule has 0 aromatic carbocycles. The van der Waals surface area contributed by atoms with E-state index in [1.165, 1.54) is 0 Å². The van der Waals surface area contributed by atoms with Crippen molar-refractivity contribution in [1.29, 1.82) is 0 Å². The van der Waals surface area contributed by atoms with Crippen molar-refractivity contribution in [2.24, 2.45) is 11.8 Å². The first-order valence-electron chi connectivity index (χ1n) is 7.02. The van der Waals surface area contributed by atoms with Crippen LogP contribution in [-0.4, -0.2) is 27.2 Å². The van der Waals surface area contributed by atoms with E-state index in [1.807, 2.05) is 19.9 Å². The second kappa shape index (κ2) is 6.13. The lowest BCUT2D eigenvalue weighted by Gasteiger charge is -2.26. The molecule has 1 atom stereocenters. The maximum Gasteiger partial charge on any atom is 0.240 e. The third-order valence-corrected chi connectivity index (χ3v) is 4.07. The first kappa shape index (κ1) is 15.9. The summed E-state index contributed by atoms with van der Waals surface area (Å²) >= 11 is 1.59. The normalized spacial score (nSPS) is 14.4. The average Bonchev–Trinajstić information content (AvgIpc) is 2.74. The SMILES string of the molecule is Cc1cc2c(NCC(C)(O)CC(C)C)nc(NN)nc2s1. The third kappa shape index (κ3) is 4.03. The van der Waals surface area contributed by atoms with Gasteiger partial charge in [-0.15, -0.1) is 11.3 Å². The van der Waals surface area contributed by atoms with Gasteiger partial charge in [-0.2, -0.15) is 4.98 Å². The molecule has 0 bridgehead atoms. The molecule has 0 aliphatic carbocycles. The molecule has 1 unspecified atom stereocenters. The number of aliphatic hydroxyl groups is 1. The second-order valence-corrected chi connectivity index (χ2v) is 7.30. The minimum atomic E-state index is -0.785. The van der Waals surface area contributed by atoms with Crippen molar-refractivity contribution in [3.05, 3.63) is 10.9 Å². The van der Waals surface area contributed by atoms with Gasteiger partial charge in [0.2, 0.25) is 5.95 Å². The number of thiophene rings is 1. The molecule has 0 amide bonds. The number of nitrogens with two attached hydrogens (primary N) is 1. The standard InChI is InChI=1S/C14H23N5OS/c1-8(2)6-14(4,20)7-16-11-10-5-9(3)21-12(10)18-13(17-11)19-15/h5,8,20H,6-7,15H2,1-4H3,(H2,16,17,18,19). The number of aryl methyl sites for hydroxylation is 1. The van der Waals surface area contributed by atoms with Crippen molar-refractivity contribution in [2.45, 2.75) is 39.7 Å². The molecule has 2 aromatic heterocycles. The van der Waals surface area contributed by atoms with Crippen molar-refractivity contribution >= 4 is 33.3 Å². The molecule has 5 N–H and O–H groups in total. The number of nitrogens with zero attached hydrogens (tertiary/aromatic N) is 2. The minimum absolute atomic E-state index is 0.371. The molecule has 116 valence electrons. The number of fused-ring (bicyclic) bond motifs is 1. The van der Waals surface area contributed by atoms with Crippen molar-refractivity contribution < 1.29 is 5.11 Å². The Bertz CT molecular complexity index is 623. The Hall–Kier alpha value is -1.44. The number of nitrogens with one attached hydrogen (secondary N) is 2. The fourth-order valence-corrected chi connectivity index (χ4v) is 3.35. The van der Waals surface area contributed by atoms with E-state index in [-0.39, 0.29) is 0 Å². The molecular weight excluding hydrogens is 286 g/mol. The summed E-state index contributed by atoms with van der Waals surface area (Å²) < 4.78 is 0. The van der Waals surface area contributed by atoms with E-state index in [0.717, 1.165) is 21.5 Å². The molecule has 0 saturated heterocycles. The van der Waals surface area contributed by atoms with Gasteiger partial charge in [-0.1, -0.05) is 13.8 Å². The topological polar surface area (TPSA) is 96.1 Å². The molecule has 21 heavy (non-hydrogen) atoms. The largest absolute Gasteiger partial charge is 0.388 e. The average molecular weight is 309 g/mol. The van der Waals surface area contributed by atoms with E-state index in [0.29, 0.717) is 24.2 Å². The van der Waals surface area contributed by atoms with Crippen LogP contribution in [0.2, 0.25) is 0 Å². The fraction of sp³-hybridized carbons (Fsp3) is 0.571. The lowest BCUT2D eigenvalue weighted by molar-refractivity contribution is 0.0515. The summed E-state index contributed by atoms with van der Waals surface area (Å²) in [6.45, 7) is 8.47. The van der Waals surface area contributed by atoms with E-state index in [4.69, 9.17) is 5.84 Å². The molecule has 2 aromatic rings. The van der Waals surface area contributed by atoms with Crippen molar-refractivity contribution in [3.63, 3.8) is 0 Å². The van der Waals surface area contributed by atoms with Crippen LogP contribution in [-0.2, 0) is 0 Å². The Morgan fingerprint density at radius 2 is 2.14 bits per heavy atom. The Balaban J connectivity index is 2.24. The van der Waals surface area contributed by atoms with Crippen molar-refractivity contribution in [2.75, 3.05) is 17.3 Å².